The molecule has 1 N–H and O–H groups in total. The summed E-state index contributed by atoms with van der Waals surface area (Å²) in [7, 11) is 0. The number of ether oxygens (including phenoxy) is 1. The molecule has 0 spiro atoms. The fourth-order valence-electron chi connectivity index (χ4n) is 3.55. The summed E-state index contributed by atoms with van der Waals surface area (Å²) >= 11 is 0. The van der Waals surface area contributed by atoms with E-state index in [4.69, 9.17) is 4.74 Å². The van der Waals surface area contributed by atoms with Gasteiger partial charge in [0.25, 0.3) is 0 Å². The molecular formula is C18H22O3. The van der Waals surface area contributed by atoms with Crippen LogP contribution in [-0.4, -0.2) is 22.6 Å². The molecular weight excluding hydrogens is 264 g/mol. The molecule has 0 radical (unpaired) electrons. The number of ketones is 1. The third-order valence-electron chi connectivity index (χ3n) is 4.71. The highest BCUT2D eigenvalue weighted by Crippen LogP contribution is 2.43. The van der Waals surface area contributed by atoms with E-state index in [1.165, 1.54) is 0 Å². The van der Waals surface area contributed by atoms with E-state index >= 15 is 0 Å². The first-order valence-electron chi connectivity index (χ1n) is 7.78. The molecule has 21 heavy (non-hydrogen) atoms. The predicted octanol–water partition coefficient (Wildman–Crippen LogP) is 3.42. The van der Waals surface area contributed by atoms with Crippen molar-refractivity contribution in [2.45, 2.75) is 58.2 Å². The van der Waals surface area contributed by atoms with Crippen LogP contribution in [0.1, 0.15) is 50.3 Å². The number of phenols is 1. The highest BCUT2D eigenvalue weighted by Gasteiger charge is 2.47. The van der Waals surface area contributed by atoms with Crippen LogP contribution in [0.15, 0.2) is 18.2 Å². The molecule has 2 aliphatic heterocycles. The zero-order valence-corrected chi connectivity index (χ0v) is 12.9. The van der Waals surface area contributed by atoms with Crippen molar-refractivity contribution in [1.82, 2.24) is 0 Å². The number of hydrogen-bond acceptors (Lipinski definition) is 3. The van der Waals surface area contributed by atoms with E-state index in [2.05, 4.69) is 13.8 Å². The number of benzene rings is 1. The minimum Gasteiger partial charge on any atom is -0.508 e. The highest BCUT2D eigenvalue weighted by molar-refractivity contribution is 6.26. The fourth-order valence-corrected chi connectivity index (χ4v) is 3.55. The number of Topliss-reactive ketones (excluding diaryl/α,β-unsaturated/α-hetero) is 1. The lowest BCUT2D eigenvalue weighted by atomic mass is 9.83. The molecule has 2 atom stereocenters. The molecule has 112 valence electrons. The van der Waals surface area contributed by atoms with E-state index in [9.17, 15) is 9.90 Å². The maximum atomic E-state index is 12.9. The molecule has 0 aromatic heterocycles. The molecule has 1 fully saturated rings. The molecule has 3 rings (SSSR count). The second-order valence-electron chi connectivity index (χ2n) is 6.18. The largest absolute Gasteiger partial charge is 0.508 e. The van der Waals surface area contributed by atoms with Gasteiger partial charge in [0.2, 0.25) is 0 Å². The van der Waals surface area contributed by atoms with Crippen LogP contribution >= 0.6 is 0 Å². The quantitative estimate of drug-likeness (QED) is 0.926. The zero-order chi connectivity index (χ0) is 15.2. The lowest BCUT2D eigenvalue weighted by Gasteiger charge is -2.30. The molecule has 0 amide bonds. The Bertz CT molecular complexity index is 604. The summed E-state index contributed by atoms with van der Waals surface area (Å²) in [6.45, 7) is 6.01. The third kappa shape index (κ3) is 2.20. The Morgan fingerprint density at radius 2 is 1.90 bits per heavy atom. The fraction of sp³-hybridized carbons (Fsp3) is 0.500. The van der Waals surface area contributed by atoms with E-state index < -0.39 is 5.60 Å². The van der Waals surface area contributed by atoms with Gasteiger partial charge in [-0.05, 0) is 67.5 Å². The van der Waals surface area contributed by atoms with E-state index in [1.807, 2.05) is 13.0 Å². The van der Waals surface area contributed by atoms with Gasteiger partial charge in [0.05, 0.1) is 6.10 Å². The SMILES string of the molecule is CCc1cc(O)cc(CC)c1C1=CC2CCC(C)(O2)C1=O. The average molecular weight is 286 g/mol. The number of rotatable bonds is 3. The Hall–Kier alpha value is -1.61. The number of carbonyl (C=O) groups is 1. The zero-order valence-electron chi connectivity index (χ0n) is 12.9. The standard InChI is InChI=1S/C18H22O3/c1-4-11-8-13(19)9-12(5-2)16(11)15-10-14-6-7-18(3,21-14)17(15)20/h8-10,14,19H,4-7H2,1-3H3. The van der Waals surface area contributed by atoms with Gasteiger partial charge < -0.3 is 9.84 Å². The van der Waals surface area contributed by atoms with E-state index in [0.29, 0.717) is 0 Å². The van der Waals surface area contributed by atoms with Crippen LogP contribution < -0.4 is 0 Å². The lowest BCUT2D eigenvalue weighted by Crippen LogP contribution is -2.39. The summed E-state index contributed by atoms with van der Waals surface area (Å²) < 4.78 is 5.84. The van der Waals surface area contributed by atoms with Crippen LogP contribution in [0.25, 0.3) is 5.57 Å². The number of aryl methyl sites for hydroxylation is 2. The Labute approximate surface area is 125 Å². The normalized spacial score (nSPS) is 27.9. The number of hydrogen-bond donors (Lipinski definition) is 1. The van der Waals surface area contributed by atoms with Gasteiger partial charge in [-0.25, -0.2) is 0 Å². The number of aromatic hydroxyl groups is 1. The van der Waals surface area contributed by atoms with Crippen LogP contribution in [0.4, 0.5) is 0 Å². The van der Waals surface area contributed by atoms with E-state index in [-0.39, 0.29) is 17.6 Å². The summed E-state index contributed by atoms with van der Waals surface area (Å²) in [5.41, 5.74) is 3.22. The maximum absolute atomic E-state index is 12.9. The molecule has 0 aliphatic carbocycles. The first-order chi connectivity index (χ1) is 9.98. The average Bonchev–Trinajstić information content (AvgIpc) is 2.80. The number of phenolic OH excluding ortho intramolecular Hbond substituents is 1. The Balaban J connectivity index is 2.19. The molecule has 3 heteroatoms. The number of fused-ring (bicyclic) bond motifs is 2. The summed E-state index contributed by atoms with van der Waals surface area (Å²) in [4.78, 5) is 12.9. The first-order valence-corrected chi connectivity index (χ1v) is 7.78. The van der Waals surface area contributed by atoms with Crippen LogP contribution in [0.3, 0.4) is 0 Å². The molecule has 0 saturated carbocycles. The second-order valence-corrected chi connectivity index (χ2v) is 6.18. The summed E-state index contributed by atoms with van der Waals surface area (Å²) in [5.74, 6) is 0.369. The third-order valence-corrected chi connectivity index (χ3v) is 4.71. The highest BCUT2D eigenvalue weighted by atomic mass is 16.5. The van der Waals surface area contributed by atoms with E-state index in [0.717, 1.165) is 47.9 Å². The lowest BCUT2D eigenvalue weighted by molar-refractivity contribution is -0.134. The predicted molar refractivity (Wildman–Crippen MR) is 82.4 cm³/mol. The van der Waals surface area contributed by atoms with Gasteiger partial charge in [0, 0.05) is 5.57 Å². The minimum atomic E-state index is -0.664. The van der Waals surface area contributed by atoms with Gasteiger partial charge in [-0.1, -0.05) is 13.8 Å². The number of carbonyl (C=O) groups excluding carboxylic acids is 1. The monoisotopic (exact) mass is 286 g/mol. The van der Waals surface area contributed by atoms with Gasteiger partial charge in [-0.2, -0.15) is 0 Å². The van der Waals surface area contributed by atoms with Crippen molar-refractivity contribution in [3.8, 4) is 5.75 Å². The molecule has 1 saturated heterocycles. The van der Waals surface area contributed by atoms with Crippen molar-refractivity contribution in [3.63, 3.8) is 0 Å². The van der Waals surface area contributed by atoms with Crippen molar-refractivity contribution < 1.29 is 14.6 Å². The van der Waals surface area contributed by atoms with Gasteiger partial charge in [0.1, 0.15) is 11.4 Å². The van der Waals surface area contributed by atoms with Crippen molar-refractivity contribution >= 4 is 11.4 Å². The van der Waals surface area contributed by atoms with Crippen molar-refractivity contribution in [2.24, 2.45) is 0 Å². The van der Waals surface area contributed by atoms with Gasteiger partial charge >= 0.3 is 0 Å². The van der Waals surface area contributed by atoms with Crippen LogP contribution in [0, 0.1) is 0 Å². The van der Waals surface area contributed by atoms with Crippen LogP contribution in [-0.2, 0) is 22.4 Å². The molecule has 1 aromatic carbocycles. The topological polar surface area (TPSA) is 46.5 Å². The van der Waals surface area contributed by atoms with Crippen LogP contribution in [0.5, 0.6) is 5.75 Å². The second kappa shape index (κ2) is 4.99. The molecule has 2 bridgehead atoms. The molecule has 2 heterocycles. The van der Waals surface area contributed by atoms with Gasteiger partial charge in [0.15, 0.2) is 5.78 Å². The molecule has 2 unspecified atom stereocenters. The minimum absolute atomic E-state index is 0.0471. The van der Waals surface area contributed by atoms with Gasteiger partial charge in [-0.3, -0.25) is 4.79 Å². The molecule has 3 nitrogen and oxygen atoms in total. The summed E-state index contributed by atoms with van der Waals surface area (Å²) in [6.07, 6.45) is 5.32. The maximum Gasteiger partial charge on any atom is 0.194 e. The van der Waals surface area contributed by atoms with Crippen LogP contribution in [0.2, 0.25) is 0 Å². The summed E-state index contributed by atoms with van der Waals surface area (Å²) in [6, 6.07) is 3.56. The Morgan fingerprint density at radius 3 is 2.48 bits per heavy atom. The van der Waals surface area contributed by atoms with Crippen molar-refractivity contribution in [2.75, 3.05) is 0 Å². The molecule has 1 aromatic rings. The molecule has 2 aliphatic rings. The van der Waals surface area contributed by atoms with E-state index in [1.54, 1.807) is 12.1 Å². The first kappa shape index (κ1) is 14.3. The van der Waals surface area contributed by atoms with Gasteiger partial charge in [-0.15, -0.1) is 0 Å². The van der Waals surface area contributed by atoms with Crippen molar-refractivity contribution in [3.05, 3.63) is 34.9 Å². The Morgan fingerprint density at radius 1 is 1.29 bits per heavy atom. The smallest absolute Gasteiger partial charge is 0.194 e. The Kier molecular flexibility index (Phi) is 3.40. The van der Waals surface area contributed by atoms with Crippen molar-refractivity contribution in [1.29, 1.82) is 0 Å². The summed E-state index contributed by atoms with van der Waals surface area (Å²) in [5, 5.41) is 9.88.